The van der Waals surface area contributed by atoms with Gasteiger partial charge >= 0.3 is 6.03 Å². The summed E-state index contributed by atoms with van der Waals surface area (Å²) in [5, 5.41) is 4.92. The third kappa shape index (κ3) is 3.93. The zero-order chi connectivity index (χ0) is 23.1. The lowest BCUT2D eigenvalue weighted by Gasteiger charge is -2.36. The lowest BCUT2D eigenvalue weighted by molar-refractivity contribution is 0.193. The zero-order valence-corrected chi connectivity index (χ0v) is 19.7. The summed E-state index contributed by atoms with van der Waals surface area (Å²) in [5.41, 5.74) is 7.24. The normalized spacial score (nSPS) is 15.4. The Hall–Kier alpha value is -3.44. The number of halogens is 1. The summed E-state index contributed by atoms with van der Waals surface area (Å²) >= 11 is 6.30. The number of hydrogen-bond acceptors (Lipinski definition) is 2. The van der Waals surface area contributed by atoms with Crippen molar-refractivity contribution < 1.29 is 9.53 Å². The van der Waals surface area contributed by atoms with Crippen molar-refractivity contribution >= 4 is 34.2 Å². The first kappa shape index (κ1) is 21.4. The van der Waals surface area contributed by atoms with Gasteiger partial charge in [0, 0.05) is 28.2 Å². The predicted molar refractivity (Wildman–Crippen MR) is 133 cm³/mol. The van der Waals surface area contributed by atoms with Crippen LogP contribution >= 0.6 is 11.6 Å². The van der Waals surface area contributed by atoms with E-state index < -0.39 is 0 Å². The van der Waals surface area contributed by atoms with Gasteiger partial charge in [0.2, 0.25) is 0 Å². The molecule has 0 unspecified atom stereocenters. The molecule has 0 saturated heterocycles. The number of aromatic amines is 1. The van der Waals surface area contributed by atoms with Crippen molar-refractivity contribution in [1.29, 1.82) is 0 Å². The Balaban J connectivity index is 1.58. The minimum Gasteiger partial charge on any atom is -0.495 e. The Morgan fingerprint density at radius 2 is 1.82 bits per heavy atom. The molecule has 0 saturated carbocycles. The van der Waals surface area contributed by atoms with Crippen LogP contribution in [0.4, 0.5) is 10.5 Å². The van der Waals surface area contributed by atoms with Gasteiger partial charge in [-0.25, -0.2) is 4.79 Å². The SMILES string of the molecule is COc1ccc(C)cc1NC(=O)N1CCc2c([nH]c3ccc(Cl)cc23)[C@H]1c1ccc(C)cc1. The van der Waals surface area contributed by atoms with Gasteiger partial charge in [0.15, 0.2) is 0 Å². The first-order valence-electron chi connectivity index (χ1n) is 11.0. The molecule has 6 heteroatoms. The number of hydrogen-bond donors (Lipinski definition) is 2. The van der Waals surface area contributed by atoms with E-state index >= 15 is 0 Å². The standard InChI is InChI=1S/C27H26ClN3O2/c1-16-4-7-18(8-5-16)26-25-20(21-15-19(28)9-10-22(21)29-25)12-13-31(26)27(32)30-23-14-17(2)6-11-24(23)33-3/h4-11,14-15,26,29H,12-13H2,1-3H3,(H,30,32)/t26-/m1/s1. The van der Waals surface area contributed by atoms with Crippen LogP contribution in [0.25, 0.3) is 10.9 Å². The first-order valence-corrected chi connectivity index (χ1v) is 11.4. The number of methoxy groups -OCH3 is 1. The van der Waals surface area contributed by atoms with Gasteiger partial charge in [-0.3, -0.25) is 0 Å². The molecule has 1 aliphatic rings. The summed E-state index contributed by atoms with van der Waals surface area (Å²) in [7, 11) is 1.61. The second-order valence-electron chi connectivity index (χ2n) is 8.60. The van der Waals surface area contributed by atoms with Crippen LogP contribution in [0.15, 0.2) is 60.7 Å². The van der Waals surface area contributed by atoms with E-state index in [1.54, 1.807) is 7.11 Å². The number of H-pyrrole nitrogens is 1. The van der Waals surface area contributed by atoms with Gasteiger partial charge in [0.1, 0.15) is 5.75 Å². The summed E-state index contributed by atoms with van der Waals surface area (Å²) in [6, 6.07) is 19.6. The number of carbonyl (C=O) groups is 1. The highest BCUT2D eigenvalue weighted by atomic mass is 35.5. The molecule has 33 heavy (non-hydrogen) atoms. The fourth-order valence-electron chi connectivity index (χ4n) is 4.68. The summed E-state index contributed by atoms with van der Waals surface area (Å²) in [4.78, 5) is 19.1. The highest BCUT2D eigenvalue weighted by Crippen LogP contribution is 2.39. The summed E-state index contributed by atoms with van der Waals surface area (Å²) in [5.74, 6) is 0.638. The van der Waals surface area contributed by atoms with Crippen molar-refractivity contribution in [3.63, 3.8) is 0 Å². The number of carbonyl (C=O) groups excluding carboxylic acids is 1. The molecule has 2 N–H and O–H groups in total. The molecule has 0 fully saturated rings. The number of amides is 2. The van der Waals surface area contributed by atoms with Gasteiger partial charge in [-0.15, -0.1) is 0 Å². The van der Waals surface area contributed by atoms with Crippen LogP contribution in [0.5, 0.6) is 5.75 Å². The van der Waals surface area contributed by atoms with Crippen molar-refractivity contribution in [1.82, 2.24) is 9.88 Å². The Kier molecular flexibility index (Phi) is 5.51. The van der Waals surface area contributed by atoms with E-state index in [2.05, 4.69) is 41.5 Å². The van der Waals surface area contributed by atoms with Crippen LogP contribution in [-0.4, -0.2) is 29.6 Å². The lowest BCUT2D eigenvalue weighted by Crippen LogP contribution is -2.43. The molecular weight excluding hydrogens is 434 g/mol. The third-order valence-corrected chi connectivity index (χ3v) is 6.57. The Morgan fingerprint density at radius 3 is 2.58 bits per heavy atom. The summed E-state index contributed by atoms with van der Waals surface area (Å²) in [6.07, 6.45) is 0.746. The van der Waals surface area contributed by atoms with Crippen LogP contribution in [0, 0.1) is 13.8 Å². The van der Waals surface area contributed by atoms with Crippen LogP contribution < -0.4 is 10.1 Å². The second kappa shape index (κ2) is 8.49. The number of nitrogens with zero attached hydrogens (tertiary/aromatic N) is 1. The van der Waals surface area contributed by atoms with E-state index in [0.29, 0.717) is 23.0 Å². The van der Waals surface area contributed by atoms with Crippen molar-refractivity contribution in [2.45, 2.75) is 26.3 Å². The van der Waals surface area contributed by atoms with Crippen molar-refractivity contribution in [3.05, 3.63) is 93.6 Å². The van der Waals surface area contributed by atoms with Gasteiger partial charge in [-0.05, 0) is 67.3 Å². The molecule has 3 aromatic carbocycles. The molecule has 4 aromatic rings. The van der Waals surface area contributed by atoms with Gasteiger partial charge in [-0.1, -0.05) is 47.5 Å². The Labute approximate surface area is 198 Å². The van der Waals surface area contributed by atoms with Crippen LogP contribution in [-0.2, 0) is 6.42 Å². The molecule has 5 rings (SSSR count). The number of benzene rings is 3. The fourth-order valence-corrected chi connectivity index (χ4v) is 4.85. The number of fused-ring (bicyclic) bond motifs is 3. The molecule has 1 aromatic heterocycles. The number of aromatic nitrogens is 1. The number of aryl methyl sites for hydroxylation is 2. The highest BCUT2D eigenvalue weighted by molar-refractivity contribution is 6.31. The summed E-state index contributed by atoms with van der Waals surface area (Å²) < 4.78 is 5.47. The molecule has 2 amide bonds. The van der Waals surface area contributed by atoms with E-state index in [1.165, 1.54) is 11.1 Å². The molecule has 0 aliphatic carbocycles. The minimum atomic E-state index is -0.240. The van der Waals surface area contributed by atoms with E-state index in [4.69, 9.17) is 16.3 Å². The molecular formula is C27H26ClN3O2. The minimum absolute atomic E-state index is 0.160. The zero-order valence-electron chi connectivity index (χ0n) is 18.9. The number of ether oxygens (including phenoxy) is 1. The Morgan fingerprint density at radius 1 is 1.06 bits per heavy atom. The van der Waals surface area contributed by atoms with E-state index in [0.717, 1.165) is 34.1 Å². The molecule has 1 atom stereocenters. The number of rotatable bonds is 3. The largest absolute Gasteiger partial charge is 0.495 e. The number of urea groups is 1. The highest BCUT2D eigenvalue weighted by Gasteiger charge is 2.35. The monoisotopic (exact) mass is 459 g/mol. The maximum absolute atomic E-state index is 13.6. The van der Waals surface area contributed by atoms with Gasteiger partial charge in [0.25, 0.3) is 0 Å². The van der Waals surface area contributed by atoms with Crippen molar-refractivity contribution in [2.75, 3.05) is 19.0 Å². The predicted octanol–water partition coefficient (Wildman–Crippen LogP) is 6.63. The molecule has 0 radical (unpaired) electrons. The van der Waals surface area contributed by atoms with E-state index in [-0.39, 0.29) is 12.1 Å². The smallest absolute Gasteiger partial charge is 0.322 e. The van der Waals surface area contributed by atoms with Crippen molar-refractivity contribution in [2.24, 2.45) is 0 Å². The molecule has 5 nitrogen and oxygen atoms in total. The number of nitrogens with one attached hydrogen (secondary N) is 2. The van der Waals surface area contributed by atoms with Gasteiger partial charge in [-0.2, -0.15) is 0 Å². The average molecular weight is 460 g/mol. The van der Waals surface area contributed by atoms with Gasteiger partial charge < -0.3 is 19.9 Å². The number of anilines is 1. The van der Waals surface area contributed by atoms with E-state index in [9.17, 15) is 4.79 Å². The maximum atomic E-state index is 13.6. The average Bonchev–Trinajstić information content (AvgIpc) is 3.17. The van der Waals surface area contributed by atoms with Crippen LogP contribution in [0.2, 0.25) is 5.02 Å². The molecule has 168 valence electrons. The topological polar surface area (TPSA) is 57.4 Å². The summed E-state index contributed by atoms with van der Waals surface area (Å²) in [6.45, 7) is 4.65. The maximum Gasteiger partial charge on any atom is 0.322 e. The lowest BCUT2D eigenvalue weighted by atomic mass is 9.92. The quantitative estimate of drug-likeness (QED) is 0.361. The third-order valence-electron chi connectivity index (χ3n) is 6.34. The molecule has 0 bridgehead atoms. The second-order valence-corrected chi connectivity index (χ2v) is 9.03. The van der Waals surface area contributed by atoms with Crippen LogP contribution in [0.3, 0.4) is 0 Å². The first-order chi connectivity index (χ1) is 15.9. The molecule has 2 heterocycles. The fraction of sp³-hybridized carbons (Fsp3) is 0.222. The van der Waals surface area contributed by atoms with Crippen LogP contribution in [0.1, 0.15) is 34.0 Å². The van der Waals surface area contributed by atoms with E-state index in [1.807, 2.05) is 48.2 Å². The molecule has 1 aliphatic heterocycles. The molecule has 0 spiro atoms. The van der Waals surface area contributed by atoms with Crippen molar-refractivity contribution in [3.8, 4) is 5.75 Å². The van der Waals surface area contributed by atoms with Gasteiger partial charge in [0.05, 0.1) is 18.8 Å². The Bertz CT molecular complexity index is 1340.